The molecule has 1 saturated heterocycles. The van der Waals surface area contributed by atoms with Gasteiger partial charge in [0.05, 0.1) is 0 Å². The van der Waals surface area contributed by atoms with Gasteiger partial charge in [0.25, 0.3) is 0 Å². The van der Waals surface area contributed by atoms with Crippen LogP contribution in [0.15, 0.2) is 0 Å². The molecule has 92 valence electrons. The summed E-state index contributed by atoms with van der Waals surface area (Å²) in [6.07, 6.45) is 3.31. The number of carbonyl (C=O) groups is 1. The lowest BCUT2D eigenvalue weighted by Crippen LogP contribution is -2.40. The first-order valence-corrected chi connectivity index (χ1v) is 6.13. The van der Waals surface area contributed by atoms with Crippen LogP contribution in [0.3, 0.4) is 0 Å². The van der Waals surface area contributed by atoms with Gasteiger partial charge >= 0.3 is 5.97 Å². The molecule has 1 aliphatic heterocycles. The van der Waals surface area contributed by atoms with E-state index in [0.29, 0.717) is 12.0 Å². The third kappa shape index (κ3) is 2.09. The lowest BCUT2D eigenvalue weighted by atomic mass is 9.66. The Kier molecular flexibility index (Phi) is 2.97. The number of carboxylic acids is 1. The van der Waals surface area contributed by atoms with Gasteiger partial charge in [-0.25, -0.2) is 5.43 Å². The SMILES string of the molecule is CC(C)(C)C1CCC2NNC(C(=O)O)C2C1. The smallest absolute Gasteiger partial charge is 0.322 e. The number of fused-ring (bicyclic) bond motifs is 1. The van der Waals surface area contributed by atoms with E-state index >= 15 is 0 Å². The van der Waals surface area contributed by atoms with Crippen LogP contribution in [0.2, 0.25) is 0 Å². The van der Waals surface area contributed by atoms with E-state index in [4.69, 9.17) is 5.11 Å². The van der Waals surface area contributed by atoms with Crippen molar-refractivity contribution in [1.82, 2.24) is 10.9 Å². The summed E-state index contributed by atoms with van der Waals surface area (Å²) < 4.78 is 0. The number of hydrazine groups is 1. The highest BCUT2D eigenvalue weighted by atomic mass is 16.4. The summed E-state index contributed by atoms with van der Waals surface area (Å²) in [4.78, 5) is 11.1. The zero-order valence-electron chi connectivity index (χ0n) is 10.3. The Balaban J connectivity index is 2.08. The van der Waals surface area contributed by atoms with Gasteiger partial charge < -0.3 is 5.11 Å². The molecule has 0 aromatic carbocycles. The van der Waals surface area contributed by atoms with Gasteiger partial charge in [0, 0.05) is 12.0 Å². The Morgan fingerprint density at radius 3 is 2.50 bits per heavy atom. The number of hydrogen-bond acceptors (Lipinski definition) is 3. The van der Waals surface area contributed by atoms with Crippen molar-refractivity contribution in [3.63, 3.8) is 0 Å². The van der Waals surface area contributed by atoms with E-state index in [2.05, 4.69) is 31.6 Å². The van der Waals surface area contributed by atoms with Crippen molar-refractivity contribution in [2.24, 2.45) is 17.3 Å². The van der Waals surface area contributed by atoms with E-state index in [1.165, 1.54) is 6.42 Å². The van der Waals surface area contributed by atoms with Crippen molar-refractivity contribution in [1.29, 1.82) is 0 Å². The first-order valence-electron chi connectivity index (χ1n) is 6.13. The summed E-state index contributed by atoms with van der Waals surface area (Å²) in [6, 6.07) is -0.0603. The van der Waals surface area contributed by atoms with E-state index in [-0.39, 0.29) is 11.3 Å². The van der Waals surface area contributed by atoms with E-state index < -0.39 is 12.0 Å². The van der Waals surface area contributed by atoms with Crippen molar-refractivity contribution in [3.8, 4) is 0 Å². The van der Waals surface area contributed by atoms with Crippen LogP contribution in [0, 0.1) is 17.3 Å². The largest absolute Gasteiger partial charge is 0.480 e. The fourth-order valence-corrected chi connectivity index (χ4v) is 3.09. The van der Waals surface area contributed by atoms with Crippen LogP contribution < -0.4 is 10.9 Å². The first kappa shape index (κ1) is 11.9. The normalized spacial score (nSPS) is 39.4. The molecular formula is C12H22N2O2. The minimum absolute atomic E-state index is 0.246. The van der Waals surface area contributed by atoms with Crippen molar-refractivity contribution < 1.29 is 9.90 Å². The molecule has 1 heterocycles. The van der Waals surface area contributed by atoms with Gasteiger partial charge in [0.2, 0.25) is 0 Å². The van der Waals surface area contributed by atoms with Crippen LogP contribution in [0.25, 0.3) is 0 Å². The van der Waals surface area contributed by atoms with E-state index in [1.807, 2.05) is 0 Å². The molecule has 2 rings (SSSR count). The highest BCUT2D eigenvalue weighted by Gasteiger charge is 2.45. The van der Waals surface area contributed by atoms with E-state index in [1.54, 1.807) is 0 Å². The minimum Gasteiger partial charge on any atom is -0.480 e. The van der Waals surface area contributed by atoms with Crippen LogP contribution >= 0.6 is 0 Å². The van der Waals surface area contributed by atoms with E-state index in [0.717, 1.165) is 12.8 Å². The van der Waals surface area contributed by atoms with Crippen LogP contribution in [0.1, 0.15) is 40.0 Å². The molecule has 4 heteroatoms. The molecule has 1 saturated carbocycles. The molecule has 0 bridgehead atoms. The molecule has 0 amide bonds. The Morgan fingerprint density at radius 2 is 1.94 bits per heavy atom. The maximum Gasteiger partial charge on any atom is 0.322 e. The van der Waals surface area contributed by atoms with Crippen LogP contribution in [0.4, 0.5) is 0 Å². The topological polar surface area (TPSA) is 61.4 Å². The van der Waals surface area contributed by atoms with Gasteiger partial charge in [0.15, 0.2) is 0 Å². The third-order valence-electron chi connectivity index (χ3n) is 4.24. The molecule has 0 radical (unpaired) electrons. The molecule has 0 aromatic rings. The Hall–Kier alpha value is -0.610. The third-order valence-corrected chi connectivity index (χ3v) is 4.24. The quantitative estimate of drug-likeness (QED) is 0.632. The Labute approximate surface area is 96.8 Å². The molecule has 0 aromatic heterocycles. The monoisotopic (exact) mass is 226 g/mol. The van der Waals surface area contributed by atoms with Gasteiger partial charge in [-0.15, -0.1) is 0 Å². The zero-order valence-corrected chi connectivity index (χ0v) is 10.3. The number of hydrogen-bond donors (Lipinski definition) is 3. The zero-order chi connectivity index (χ0) is 11.9. The van der Waals surface area contributed by atoms with E-state index in [9.17, 15) is 4.79 Å². The number of nitrogens with one attached hydrogen (secondary N) is 2. The fraction of sp³-hybridized carbons (Fsp3) is 0.917. The summed E-state index contributed by atoms with van der Waals surface area (Å²) in [5, 5.41) is 9.14. The molecule has 3 N–H and O–H groups in total. The fourth-order valence-electron chi connectivity index (χ4n) is 3.09. The highest BCUT2D eigenvalue weighted by molar-refractivity contribution is 5.74. The second-order valence-electron chi connectivity index (χ2n) is 6.25. The number of aliphatic carboxylic acids is 1. The van der Waals surface area contributed by atoms with Crippen molar-refractivity contribution in [2.45, 2.75) is 52.1 Å². The molecule has 1 aliphatic carbocycles. The molecule has 2 aliphatic rings. The molecule has 2 fully saturated rings. The average Bonchev–Trinajstić information content (AvgIpc) is 2.58. The molecule has 16 heavy (non-hydrogen) atoms. The summed E-state index contributed by atoms with van der Waals surface area (Å²) >= 11 is 0. The van der Waals surface area contributed by atoms with Crippen LogP contribution in [-0.4, -0.2) is 23.2 Å². The second kappa shape index (κ2) is 4.00. The summed E-state index contributed by atoms with van der Waals surface area (Å²) in [5.74, 6) is 0.155. The van der Waals surface area contributed by atoms with Gasteiger partial charge in [0.1, 0.15) is 6.04 Å². The number of rotatable bonds is 1. The van der Waals surface area contributed by atoms with Gasteiger partial charge in [-0.1, -0.05) is 20.8 Å². The first-order chi connectivity index (χ1) is 7.39. The predicted octanol–water partition coefficient (Wildman–Crippen LogP) is 1.38. The van der Waals surface area contributed by atoms with Gasteiger partial charge in [-0.2, -0.15) is 0 Å². The van der Waals surface area contributed by atoms with Crippen molar-refractivity contribution >= 4 is 5.97 Å². The second-order valence-corrected chi connectivity index (χ2v) is 6.25. The maximum absolute atomic E-state index is 11.1. The summed E-state index contributed by atoms with van der Waals surface area (Å²) in [7, 11) is 0. The van der Waals surface area contributed by atoms with Crippen LogP contribution in [-0.2, 0) is 4.79 Å². The average molecular weight is 226 g/mol. The summed E-state index contributed by atoms with van der Waals surface area (Å²) in [5.41, 5.74) is 6.34. The molecule has 4 atom stereocenters. The standard InChI is InChI=1S/C12H22N2O2/c1-12(2,3)7-4-5-9-8(6-7)10(11(15)16)14-13-9/h7-10,13-14H,4-6H2,1-3H3,(H,15,16). The van der Waals surface area contributed by atoms with Gasteiger partial charge in [-0.05, 0) is 30.6 Å². The highest BCUT2D eigenvalue weighted by Crippen LogP contribution is 2.42. The Bertz CT molecular complexity index is 285. The maximum atomic E-state index is 11.1. The van der Waals surface area contributed by atoms with Gasteiger partial charge in [-0.3, -0.25) is 10.2 Å². The minimum atomic E-state index is -0.727. The number of carboxylic acid groups (broad SMARTS) is 1. The lowest BCUT2D eigenvalue weighted by Gasteiger charge is -2.39. The molecular weight excluding hydrogens is 204 g/mol. The van der Waals surface area contributed by atoms with Crippen molar-refractivity contribution in [2.75, 3.05) is 0 Å². The predicted molar refractivity (Wildman–Crippen MR) is 61.8 cm³/mol. The Morgan fingerprint density at radius 1 is 1.25 bits per heavy atom. The molecule has 4 unspecified atom stereocenters. The van der Waals surface area contributed by atoms with Crippen LogP contribution in [0.5, 0.6) is 0 Å². The molecule has 0 spiro atoms. The van der Waals surface area contributed by atoms with Crippen molar-refractivity contribution in [3.05, 3.63) is 0 Å². The lowest BCUT2D eigenvalue weighted by molar-refractivity contribution is -0.140. The molecule has 4 nitrogen and oxygen atoms in total. The summed E-state index contributed by atoms with van der Waals surface area (Å²) in [6.45, 7) is 6.76.